The van der Waals surface area contributed by atoms with Gasteiger partial charge < -0.3 is 14.3 Å². The van der Waals surface area contributed by atoms with Gasteiger partial charge in [-0.05, 0) is 39.8 Å². The Morgan fingerprint density at radius 3 is 2.65 bits per heavy atom. The van der Waals surface area contributed by atoms with E-state index in [1.807, 2.05) is 0 Å². The van der Waals surface area contributed by atoms with Crippen molar-refractivity contribution in [3.8, 4) is 0 Å². The number of aliphatic hydroxyl groups is 1. The van der Waals surface area contributed by atoms with Gasteiger partial charge in [-0.3, -0.25) is 4.79 Å². The molecule has 96 valence electrons. The van der Waals surface area contributed by atoms with Gasteiger partial charge in [0.1, 0.15) is 11.4 Å². The van der Waals surface area contributed by atoms with Crippen LogP contribution in [0.3, 0.4) is 0 Å². The van der Waals surface area contributed by atoms with Gasteiger partial charge in [-0.15, -0.1) is 0 Å². The highest BCUT2D eigenvalue weighted by molar-refractivity contribution is 5.73. The molecule has 1 heterocycles. The molecule has 0 bridgehead atoms. The minimum Gasteiger partial charge on any atom is -0.469 e. The average Bonchev–Trinajstić information content (AvgIpc) is 2.66. The van der Waals surface area contributed by atoms with Crippen LogP contribution in [0.5, 0.6) is 0 Å². The normalized spacial score (nSPS) is 15.4. The summed E-state index contributed by atoms with van der Waals surface area (Å²) in [6, 6.07) is 3.52. The molecule has 0 fully saturated rings. The van der Waals surface area contributed by atoms with E-state index in [1.54, 1.807) is 46.1 Å². The van der Waals surface area contributed by atoms with Gasteiger partial charge in [0.05, 0.1) is 18.3 Å². The molecule has 2 atom stereocenters. The lowest BCUT2D eigenvalue weighted by atomic mass is 10.0. The Hall–Kier alpha value is -1.29. The van der Waals surface area contributed by atoms with Crippen LogP contribution in [0.15, 0.2) is 22.8 Å². The van der Waals surface area contributed by atoms with Crippen molar-refractivity contribution >= 4 is 5.97 Å². The third kappa shape index (κ3) is 4.61. The molecular weight excluding hydrogens is 220 g/mol. The highest BCUT2D eigenvalue weighted by atomic mass is 16.6. The van der Waals surface area contributed by atoms with Crippen molar-refractivity contribution in [3.05, 3.63) is 24.2 Å². The molecule has 1 aromatic rings. The fourth-order valence-corrected chi connectivity index (χ4v) is 1.36. The van der Waals surface area contributed by atoms with E-state index in [0.29, 0.717) is 12.2 Å². The standard InChI is InChI=1S/C13H20O4/c1-9(12(15)17-13(2,3)4)11(14)8-10-6-5-7-16-10/h5-7,9,11,14H,8H2,1-4H3/t9-,11?/m1/s1. The van der Waals surface area contributed by atoms with Crippen molar-refractivity contribution in [1.29, 1.82) is 0 Å². The van der Waals surface area contributed by atoms with Crippen molar-refractivity contribution in [3.63, 3.8) is 0 Å². The summed E-state index contributed by atoms with van der Waals surface area (Å²) in [5, 5.41) is 9.90. The van der Waals surface area contributed by atoms with E-state index in [4.69, 9.17) is 9.15 Å². The number of hydrogen-bond acceptors (Lipinski definition) is 4. The third-order valence-electron chi connectivity index (χ3n) is 2.35. The number of carbonyl (C=O) groups excluding carboxylic acids is 1. The van der Waals surface area contributed by atoms with Crippen molar-refractivity contribution in [2.75, 3.05) is 0 Å². The van der Waals surface area contributed by atoms with Gasteiger partial charge in [0.2, 0.25) is 0 Å². The number of ether oxygens (including phenoxy) is 1. The van der Waals surface area contributed by atoms with Crippen LogP contribution in [0.4, 0.5) is 0 Å². The van der Waals surface area contributed by atoms with Crippen LogP contribution in [-0.2, 0) is 16.0 Å². The molecule has 0 spiro atoms. The van der Waals surface area contributed by atoms with Gasteiger partial charge in [0, 0.05) is 6.42 Å². The number of esters is 1. The quantitative estimate of drug-likeness (QED) is 0.819. The highest BCUT2D eigenvalue weighted by Gasteiger charge is 2.27. The maximum atomic E-state index is 11.7. The number of furan rings is 1. The monoisotopic (exact) mass is 240 g/mol. The molecule has 1 rings (SSSR count). The first-order valence-electron chi connectivity index (χ1n) is 5.73. The van der Waals surface area contributed by atoms with E-state index in [-0.39, 0.29) is 0 Å². The van der Waals surface area contributed by atoms with Crippen molar-refractivity contribution < 1.29 is 19.1 Å². The summed E-state index contributed by atoms with van der Waals surface area (Å²) in [6.07, 6.45) is 1.06. The van der Waals surface area contributed by atoms with Gasteiger partial charge in [0.25, 0.3) is 0 Å². The zero-order chi connectivity index (χ0) is 13.1. The number of aliphatic hydroxyl groups excluding tert-OH is 1. The number of carbonyl (C=O) groups is 1. The predicted octanol–water partition coefficient (Wildman–Crippen LogP) is 2.16. The molecule has 1 aromatic heterocycles. The molecule has 0 aromatic carbocycles. The first-order valence-corrected chi connectivity index (χ1v) is 5.73. The van der Waals surface area contributed by atoms with Gasteiger partial charge in [0.15, 0.2) is 0 Å². The summed E-state index contributed by atoms with van der Waals surface area (Å²) in [5.41, 5.74) is -0.532. The second-order valence-electron chi connectivity index (χ2n) is 5.17. The summed E-state index contributed by atoms with van der Waals surface area (Å²) in [6.45, 7) is 7.06. The van der Waals surface area contributed by atoms with E-state index < -0.39 is 23.6 Å². The Morgan fingerprint density at radius 1 is 1.53 bits per heavy atom. The SMILES string of the molecule is C[C@@H](C(=O)OC(C)(C)C)C(O)Cc1ccco1. The van der Waals surface area contributed by atoms with E-state index in [0.717, 1.165) is 0 Å². The summed E-state index contributed by atoms with van der Waals surface area (Å²) >= 11 is 0. The minimum absolute atomic E-state index is 0.313. The molecule has 1 unspecified atom stereocenters. The summed E-state index contributed by atoms with van der Waals surface area (Å²) in [5.74, 6) is -0.302. The Labute approximate surface area is 102 Å². The summed E-state index contributed by atoms with van der Waals surface area (Å²) in [7, 11) is 0. The first kappa shape index (κ1) is 13.8. The second kappa shape index (κ2) is 5.36. The highest BCUT2D eigenvalue weighted by Crippen LogP contribution is 2.16. The second-order valence-corrected chi connectivity index (χ2v) is 5.17. The predicted molar refractivity (Wildman–Crippen MR) is 63.4 cm³/mol. The first-order chi connectivity index (χ1) is 7.79. The van der Waals surface area contributed by atoms with Gasteiger partial charge in [-0.1, -0.05) is 0 Å². The van der Waals surface area contributed by atoms with Crippen LogP contribution in [0.2, 0.25) is 0 Å². The molecule has 4 heteroatoms. The molecule has 0 aliphatic carbocycles. The fraction of sp³-hybridized carbons (Fsp3) is 0.615. The molecule has 1 N–H and O–H groups in total. The molecule has 4 nitrogen and oxygen atoms in total. The lowest BCUT2D eigenvalue weighted by Crippen LogP contribution is -2.34. The van der Waals surface area contributed by atoms with Crippen LogP contribution in [0.1, 0.15) is 33.5 Å². The van der Waals surface area contributed by atoms with E-state index in [2.05, 4.69) is 0 Å². The molecule has 0 aliphatic rings. The Morgan fingerprint density at radius 2 is 2.18 bits per heavy atom. The maximum absolute atomic E-state index is 11.7. The third-order valence-corrected chi connectivity index (χ3v) is 2.35. The summed E-state index contributed by atoms with van der Waals surface area (Å²) < 4.78 is 10.3. The molecule has 0 radical (unpaired) electrons. The van der Waals surface area contributed by atoms with Gasteiger partial charge in [-0.2, -0.15) is 0 Å². The molecule has 17 heavy (non-hydrogen) atoms. The van der Waals surface area contributed by atoms with Crippen molar-refractivity contribution in [1.82, 2.24) is 0 Å². The van der Waals surface area contributed by atoms with Gasteiger partial charge >= 0.3 is 5.97 Å². The van der Waals surface area contributed by atoms with Crippen LogP contribution >= 0.6 is 0 Å². The lowest BCUT2D eigenvalue weighted by molar-refractivity contribution is -0.163. The molecular formula is C13H20O4. The minimum atomic E-state index is -0.795. The van der Waals surface area contributed by atoms with Crippen LogP contribution in [0.25, 0.3) is 0 Å². The van der Waals surface area contributed by atoms with Crippen molar-refractivity contribution in [2.45, 2.75) is 45.8 Å². The largest absolute Gasteiger partial charge is 0.469 e. The Kier molecular flexibility index (Phi) is 4.34. The average molecular weight is 240 g/mol. The molecule has 0 saturated carbocycles. The van der Waals surface area contributed by atoms with E-state index >= 15 is 0 Å². The van der Waals surface area contributed by atoms with Crippen LogP contribution in [-0.4, -0.2) is 22.8 Å². The Balaban J connectivity index is 2.51. The van der Waals surface area contributed by atoms with Crippen molar-refractivity contribution in [2.24, 2.45) is 5.92 Å². The van der Waals surface area contributed by atoms with E-state index in [1.165, 1.54) is 0 Å². The summed E-state index contributed by atoms with van der Waals surface area (Å²) in [4.78, 5) is 11.7. The molecule has 0 amide bonds. The zero-order valence-electron chi connectivity index (χ0n) is 10.8. The molecule has 0 aliphatic heterocycles. The fourth-order valence-electron chi connectivity index (χ4n) is 1.36. The maximum Gasteiger partial charge on any atom is 0.311 e. The van der Waals surface area contributed by atoms with Crippen LogP contribution in [0, 0.1) is 5.92 Å². The van der Waals surface area contributed by atoms with Gasteiger partial charge in [-0.25, -0.2) is 0 Å². The van der Waals surface area contributed by atoms with E-state index in [9.17, 15) is 9.90 Å². The smallest absolute Gasteiger partial charge is 0.311 e. The topological polar surface area (TPSA) is 59.7 Å². The van der Waals surface area contributed by atoms with Crippen LogP contribution < -0.4 is 0 Å². The zero-order valence-corrected chi connectivity index (χ0v) is 10.8. The lowest BCUT2D eigenvalue weighted by Gasteiger charge is -2.24. The number of rotatable bonds is 4. The number of hydrogen-bond donors (Lipinski definition) is 1. The Bertz CT molecular complexity index is 348. The molecule has 0 saturated heterocycles.